The highest BCUT2D eigenvalue weighted by Gasteiger charge is 2.56. The van der Waals surface area contributed by atoms with Crippen LogP contribution in [-0.2, 0) is 19.2 Å². The summed E-state index contributed by atoms with van der Waals surface area (Å²) in [4.78, 5) is 65.8. The van der Waals surface area contributed by atoms with Crippen LogP contribution in [0.1, 0.15) is 31.2 Å². The van der Waals surface area contributed by atoms with Gasteiger partial charge in [-0.2, -0.15) is 0 Å². The van der Waals surface area contributed by atoms with E-state index in [0.29, 0.717) is 17.7 Å². The van der Waals surface area contributed by atoms with Gasteiger partial charge in [-0.1, -0.05) is 17.7 Å². The SMILES string of the molecule is CCOc1cc([C@H]2C3=CC[C@@H]4C(=O)N(c5ccc([N+](=O)[O-])cc5)C(=O)[C@@H]4[C@@H]3CC3=C2C(=O)C=C(Br)C3=O)ccc1O. The number of fused-ring (bicyclic) bond motifs is 3. The molecule has 1 N–H and O–H groups in total. The van der Waals surface area contributed by atoms with Gasteiger partial charge in [0.25, 0.3) is 5.69 Å². The normalized spacial score (nSPS) is 25.4. The molecule has 1 fully saturated rings. The Balaban J connectivity index is 1.46. The molecule has 1 saturated heterocycles. The molecule has 41 heavy (non-hydrogen) atoms. The number of rotatable bonds is 5. The van der Waals surface area contributed by atoms with Gasteiger partial charge in [-0.25, -0.2) is 0 Å². The number of non-ortho nitro benzene ring substituents is 1. The number of carbonyl (C=O) groups excluding carboxylic acids is 4. The maximum Gasteiger partial charge on any atom is 0.269 e. The summed E-state index contributed by atoms with van der Waals surface area (Å²) in [6.45, 7) is 2.07. The Bertz CT molecular complexity index is 1650. The van der Waals surface area contributed by atoms with Crippen molar-refractivity contribution in [2.75, 3.05) is 11.5 Å². The van der Waals surface area contributed by atoms with E-state index in [9.17, 15) is 34.4 Å². The number of ether oxygens (including phenoxy) is 1. The molecular weight excluding hydrogens is 596 g/mol. The van der Waals surface area contributed by atoms with Crippen LogP contribution >= 0.6 is 15.9 Å². The summed E-state index contributed by atoms with van der Waals surface area (Å²) in [5, 5.41) is 21.4. The average molecular weight is 619 g/mol. The highest BCUT2D eigenvalue weighted by Crippen LogP contribution is 2.56. The first-order valence-electron chi connectivity index (χ1n) is 13.1. The number of phenols is 1. The Hall–Kier alpha value is -4.38. The lowest BCUT2D eigenvalue weighted by atomic mass is 9.59. The Morgan fingerprint density at radius 2 is 1.80 bits per heavy atom. The molecule has 0 radical (unpaired) electrons. The fraction of sp³-hybridized carbons (Fsp3) is 0.267. The average Bonchev–Trinajstić information content (AvgIpc) is 3.21. The third-order valence-corrected chi connectivity index (χ3v) is 8.86. The Morgan fingerprint density at radius 3 is 2.49 bits per heavy atom. The third kappa shape index (κ3) is 4.14. The van der Waals surface area contributed by atoms with Gasteiger partial charge >= 0.3 is 0 Å². The molecule has 0 unspecified atom stereocenters. The van der Waals surface area contributed by atoms with Gasteiger partial charge in [0.2, 0.25) is 11.8 Å². The molecule has 208 valence electrons. The van der Waals surface area contributed by atoms with Crippen molar-refractivity contribution in [1.29, 1.82) is 0 Å². The molecule has 10 nitrogen and oxygen atoms in total. The number of imide groups is 1. The van der Waals surface area contributed by atoms with E-state index in [2.05, 4.69) is 15.9 Å². The molecule has 2 aromatic carbocycles. The number of carbonyl (C=O) groups is 4. The molecule has 0 bridgehead atoms. The number of nitrogens with zero attached hydrogens (tertiary/aromatic N) is 2. The van der Waals surface area contributed by atoms with Crippen molar-refractivity contribution >= 4 is 50.7 Å². The number of anilines is 1. The summed E-state index contributed by atoms with van der Waals surface area (Å²) in [6.07, 6.45) is 3.51. The number of benzene rings is 2. The summed E-state index contributed by atoms with van der Waals surface area (Å²) >= 11 is 3.21. The standard InChI is InChI=1S/C30H23BrN2O8/c1-2-41-24-11-14(3-10-22(24)34)25-17-8-9-18-26(19(17)12-20-27(25)23(35)13-21(31)28(20)36)30(38)32(29(18)37)15-4-6-16(7-5-15)33(39)40/h3-8,10-11,13,18-19,25-26,34H,2,9,12H2,1H3/t18-,19+,25-,26-/m0/s1. The summed E-state index contributed by atoms with van der Waals surface area (Å²) in [7, 11) is 0. The van der Waals surface area contributed by atoms with Crippen LogP contribution in [0.3, 0.4) is 0 Å². The minimum atomic E-state index is -0.787. The molecule has 4 aliphatic rings. The van der Waals surface area contributed by atoms with Gasteiger partial charge in [-0.15, -0.1) is 0 Å². The van der Waals surface area contributed by atoms with E-state index in [0.717, 1.165) is 10.5 Å². The van der Waals surface area contributed by atoms with Crippen LogP contribution in [0.15, 0.2) is 75.8 Å². The molecule has 3 aliphatic carbocycles. The van der Waals surface area contributed by atoms with Crippen LogP contribution < -0.4 is 9.64 Å². The zero-order chi connectivity index (χ0) is 29.2. The van der Waals surface area contributed by atoms with Gasteiger partial charge in [0.15, 0.2) is 23.1 Å². The monoisotopic (exact) mass is 618 g/mol. The van der Waals surface area contributed by atoms with E-state index in [4.69, 9.17) is 4.74 Å². The molecule has 2 aromatic rings. The number of amides is 2. The second-order valence-electron chi connectivity index (χ2n) is 10.3. The fourth-order valence-electron chi connectivity index (χ4n) is 6.55. The number of nitro groups is 1. The van der Waals surface area contributed by atoms with E-state index in [1.807, 2.05) is 6.08 Å². The number of aromatic hydroxyl groups is 1. The predicted octanol–water partition coefficient (Wildman–Crippen LogP) is 4.67. The number of halogens is 1. The summed E-state index contributed by atoms with van der Waals surface area (Å²) in [5.41, 5.74) is 2.06. The van der Waals surface area contributed by atoms with Crippen molar-refractivity contribution in [3.05, 3.63) is 91.5 Å². The van der Waals surface area contributed by atoms with Gasteiger partial charge < -0.3 is 9.84 Å². The van der Waals surface area contributed by atoms with Gasteiger partial charge in [0.05, 0.1) is 33.5 Å². The van der Waals surface area contributed by atoms with Crippen LogP contribution in [0.4, 0.5) is 11.4 Å². The molecule has 2 amide bonds. The van der Waals surface area contributed by atoms with Crippen LogP contribution in [0.25, 0.3) is 0 Å². The number of phenolic OH excluding ortho intramolecular Hbond substituents is 1. The Morgan fingerprint density at radius 1 is 1.07 bits per heavy atom. The highest BCUT2D eigenvalue weighted by atomic mass is 79.9. The van der Waals surface area contributed by atoms with E-state index in [-0.39, 0.29) is 57.3 Å². The largest absolute Gasteiger partial charge is 0.504 e. The third-order valence-electron chi connectivity index (χ3n) is 8.27. The first kappa shape index (κ1) is 26.8. The summed E-state index contributed by atoms with van der Waals surface area (Å²) in [6, 6.07) is 10.0. The second kappa shape index (κ2) is 9.91. The maximum atomic E-state index is 13.9. The van der Waals surface area contributed by atoms with Crippen LogP contribution in [-0.4, -0.2) is 40.0 Å². The zero-order valence-corrected chi connectivity index (χ0v) is 23.3. The first-order valence-corrected chi connectivity index (χ1v) is 13.9. The summed E-state index contributed by atoms with van der Waals surface area (Å²) in [5.74, 6) is -4.07. The van der Waals surface area contributed by atoms with E-state index < -0.39 is 40.4 Å². The van der Waals surface area contributed by atoms with Gasteiger partial charge in [-0.05, 0) is 71.4 Å². The molecule has 1 aliphatic heterocycles. The predicted molar refractivity (Wildman–Crippen MR) is 149 cm³/mol. The molecule has 6 rings (SSSR count). The number of nitro benzene ring substituents is 1. The van der Waals surface area contributed by atoms with Crippen LogP contribution in [0.5, 0.6) is 11.5 Å². The number of Topliss-reactive ketones (excluding diaryl/α,β-unsaturated/α-hetero) is 1. The van der Waals surface area contributed by atoms with Crippen molar-refractivity contribution in [2.24, 2.45) is 17.8 Å². The number of ketones is 2. The minimum Gasteiger partial charge on any atom is -0.504 e. The van der Waals surface area contributed by atoms with Crippen molar-refractivity contribution in [3.63, 3.8) is 0 Å². The highest BCUT2D eigenvalue weighted by molar-refractivity contribution is 9.12. The van der Waals surface area contributed by atoms with Crippen molar-refractivity contribution < 1.29 is 33.9 Å². The Kier molecular flexibility index (Phi) is 6.49. The molecule has 11 heteroatoms. The molecule has 0 spiro atoms. The number of allylic oxidation sites excluding steroid dienone is 6. The zero-order valence-electron chi connectivity index (χ0n) is 21.7. The van der Waals surface area contributed by atoms with Crippen molar-refractivity contribution in [1.82, 2.24) is 0 Å². The number of hydrogen-bond acceptors (Lipinski definition) is 8. The lowest BCUT2D eigenvalue weighted by Gasteiger charge is -2.42. The lowest BCUT2D eigenvalue weighted by molar-refractivity contribution is -0.384. The maximum absolute atomic E-state index is 13.9. The van der Waals surface area contributed by atoms with E-state index in [1.165, 1.54) is 36.4 Å². The van der Waals surface area contributed by atoms with Gasteiger partial charge in [-0.3, -0.25) is 34.2 Å². The van der Waals surface area contributed by atoms with Gasteiger partial charge in [0, 0.05) is 35.3 Å². The smallest absolute Gasteiger partial charge is 0.269 e. The molecule has 1 heterocycles. The Labute approximate surface area is 242 Å². The quantitative estimate of drug-likeness (QED) is 0.167. The molecule has 4 atom stereocenters. The van der Waals surface area contributed by atoms with E-state index >= 15 is 0 Å². The van der Waals surface area contributed by atoms with Crippen LogP contribution in [0.2, 0.25) is 0 Å². The molecular formula is C30H23BrN2O8. The fourth-order valence-corrected chi connectivity index (χ4v) is 6.99. The molecule has 0 aromatic heterocycles. The lowest BCUT2D eigenvalue weighted by Crippen LogP contribution is -2.39. The van der Waals surface area contributed by atoms with Crippen molar-refractivity contribution in [2.45, 2.75) is 25.7 Å². The van der Waals surface area contributed by atoms with Crippen molar-refractivity contribution in [3.8, 4) is 11.5 Å². The minimum absolute atomic E-state index is 0.0705. The van der Waals surface area contributed by atoms with E-state index in [1.54, 1.807) is 19.1 Å². The topological polar surface area (TPSA) is 144 Å². The van der Waals surface area contributed by atoms with Crippen LogP contribution in [0, 0.1) is 27.9 Å². The first-order chi connectivity index (χ1) is 19.6. The van der Waals surface area contributed by atoms with Gasteiger partial charge in [0.1, 0.15) is 0 Å². The second-order valence-corrected chi connectivity index (χ2v) is 11.2. The summed E-state index contributed by atoms with van der Waals surface area (Å²) < 4.78 is 5.71. The molecule has 0 saturated carbocycles. The number of hydrogen-bond donors (Lipinski definition) is 1.